The maximum absolute atomic E-state index is 12.7. The molecule has 0 fully saturated rings. The maximum Gasteiger partial charge on any atom is 0.435 e. The van der Waals surface area contributed by atoms with Gasteiger partial charge in [-0.25, -0.2) is 4.98 Å². The first-order chi connectivity index (χ1) is 7.91. The van der Waals surface area contributed by atoms with Gasteiger partial charge in [-0.1, -0.05) is 0 Å². The molecule has 2 rings (SSSR count). The Kier molecular flexibility index (Phi) is 2.99. The molecular weight excluding hydrogens is 231 g/mol. The van der Waals surface area contributed by atoms with Gasteiger partial charge >= 0.3 is 6.18 Å². The van der Waals surface area contributed by atoms with E-state index in [2.05, 4.69) is 10.3 Å². The van der Waals surface area contributed by atoms with Gasteiger partial charge in [0.2, 0.25) is 0 Å². The fraction of sp³-hybridized carbons (Fsp3) is 0.545. The fourth-order valence-electron chi connectivity index (χ4n) is 2.12. The molecule has 0 saturated heterocycles. The highest BCUT2D eigenvalue weighted by atomic mass is 19.4. The normalized spacial score (nSPS) is 16.5. The smallest absolute Gasteiger partial charge is 0.397 e. The fourth-order valence-corrected chi connectivity index (χ4v) is 2.12. The monoisotopic (exact) mass is 245 g/mol. The number of alkyl halides is 3. The van der Waals surface area contributed by atoms with Crippen molar-refractivity contribution in [3.05, 3.63) is 22.5 Å². The molecule has 1 aliphatic rings. The lowest BCUT2D eigenvalue weighted by molar-refractivity contribution is -0.140. The van der Waals surface area contributed by atoms with E-state index in [0.29, 0.717) is 30.6 Å². The van der Waals surface area contributed by atoms with E-state index < -0.39 is 11.9 Å². The number of aromatic nitrogens is 1. The zero-order valence-corrected chi connectivity index (χ0v) is 9.49. The molecule has 0 radical (unpaired) electrons. The van der Waals surface area contributed by atoms with Gasteiger partial charge in [-0.3, -0.25) is 0 Å². The summed E-state index contributed by atoms with van der Waals surface area (Å²) < 4.78 is 38.2. The maximum atomic E-state index is 12.7. The molecule has 6 heteroatoms. The van der Waals surface area contributed by atoms with Crippen LogP contribution in [0.15, 0.2) is 0 Å². The van der Waals surface area contributed by atoms with Crippen LogP contribution in [0, 0.1) is 6.92 Å². The minimum absolute atomic E-state index is 0.238. The number of anilines is 1. The van der Waals surface area contributed by atoms with Crippen LogP contribution in [0.1, 0.15) is 22.5 Å². The predicted octanol–water partition coefficient (Wildman–Crippen LogP) is 1.68. The van der Waals surface area contributed by atoms with Crippen molar-refractivity contribution in [3.8, 4) is 0 Å². The summed E-state index contributed by atoms with van der Waals surface area (Å²) in [6, 6.07) is 0. The summed E-state index contributed by atoms with van der Waals surface area (Å²) in [7, 11) is 0. The van der Waals surface area contributed by atoms with E-state index in [0.717, 1.165) is 12.1 Å². The molecule has 0 bridgehead atoms. The molecule has 2 heterocycles. The molecule has 3 nitrogen and oxygen atoms in total. The summed E-state index contributed by atoms with van der Waals surface area (Å²) in [6.45, 7) is 3.04. The highest BCUT2D eigenvalue weighted by molar-refractivity contribution is 5.56. The Hall–Kier alpha value is -1.30. The Balaban J connectivity index is 2.59. The van der Waals surface area contributed by atoms with Crippen LogP contribution in [0.4, 0.5) is 18.9 Å². The van der Waals surface area contributed by atoms with Gasteiger partial charge in [-0.05, 0) is 31.0 Å². The molecule has 1 aromatic heterocycles. The molecule has 94 valence electrons. The highest BCUT2D eigenvalue weighted by Gasteiger charge is 2.37. The van der Waals surface area contributed by atoms with Gasteiger partial charge in [0, 0.05) is 18.7 Å². The number of rotatable bonds is 0. The SMILES string of the molecule is Cc1c(N)c(C(F)(F)F)nc2c1CCNCC2. The van der Waals surface area contributed by atoms with Crippen molar-refractivity contribution in [2.24, 2.45) is 0 Å². The number of halogens is 3. The van der Waals surface area contributed by atoms with E-state index in [-0.39, 0.29) is 5.69 Å². The Labute approximate surface area is 97.2 Å². The summed E-state index contributed by atoms with van der Waals surface area (Å²) >= 11 is 0. The summed E-state index contributed by atoms with van der Waals surface area (Å²) in [5, 5.41) is 3.14. The van der Waals surface area contributed by atoms with Gasteiger partial charge in [0.15, 0.2) is 5.69 Å². The van der Waals surface area contributed by atoms with Crippen molar-refractivity contribution in [1.29, 1.82) is 0 Å². The second kappa shape index (κ2) is 4.18. The molecule has 0 atom stereocenters. The van der Waals surface area contributed by atoms with Crippen molar-refractivity contribution < 1.29 is 13.2 Å². The van der Waals surface area contributed by atoms with Gasteiger partial charge in [0.1, 0.15) is 0 Å². The Morgan fingerprint density at radius 1 is 1.24 bits per heavy atom. The van der Waals surface area contributed by atoms with Crippen molar-refractivity contribution in [2.45, 2.75) is 25.9 Å². The summed E-state index contributed by atoms with van der Waals surface area (Å²) in [5.74, 6) is 0. The van der Waals surface area contributed by atoms with Gasteiger partial charge in [-0.15, -0.1) is 0 Å². The highest BCUT2D eigenvalue weighted by Crippen LogP contribution is 2.35. The van der Waals surface area contributed by atoms with Crippen LogP contribution in [-0.4, -0.2) is 18.1 Å². The number of nitrogens with one attached hydrogen (secondary N) is 1. The summed E-state index contributed by atoms with van der Waals surface area (Å²) in [5.41, 5.74) is 6.26. The van der Waals surface area contributed by atoms with Crippen molar-refractivity contribution in [3.63, 3.8) is 0 Å². The molecule has 17 heavy (non-hydrogen) atoms. The van der Waals surface area contributed by atoms with E-state index in [1.807, 2.05) is 0 Å². The van der Waals surface area contributed by atoms with E-state index >= 15 is 0 Å². The van der Waals surface area contributed by atoms with Crippen LogP contribution >= 0.6 is 0 Å². The molecule has 0 aliphatic carbocycles. The molecular formula is C11H14F3N3. The van der Waals surface area contributed by atoms with Gasteiger partial charge in [-0.2, -0.15) is 13.2 Å². The van der Waals surface area contributed by atoms with Crippen molar-refractivity contribution in [2.75, 3.05) is 18.8 Å². The van der Waals surface area contributed by atoms with Crippen LogP contribution < -0.4 is 11.1 Å². The number of fused-ring (bicyclic) bond motifs is 1. The number of hydrogen-bond donors (Lipinski definition) is 2. The second-order valence-electron chi connectivity index (χ2n) is 4.17. The average molecular weight is 245 g/mol. The largest absolute Gasteiger partial charge is 0.435 e. The zero-order chi connectivity index (χ0) is 12.6. The number of hydrogen-bond acceptors (Lipinski definition) is 3. The van der Waals surface area contributed by atoms with Crippen LogP contribution in [0.3, 0.4) is 0 Å². The quantitative estimate of drug-likeness (QED) is 0.731. The molecule has 3 N–H and O–H groups in total. The van der Waals surface area contributed by atoms with Gasteiger partial charge < -0.3 is 11.1 Å². The van der Waals surface area contributed by atoms with E-state index in [1.54, 1.807) is 6.92 Å². The first-order valence-electron chi connectivity index (χ1n) is 5.47. The topological polar surface area (TPSA) is 50.9 Å². The molecule has 0 amide bonds. The third-order valence-corrected chi connectivity index (χ3v) is 3.07. The predicted molar refractivity (Wildman–Crippen MR) is 58.7 cm³/mol. The third-order valence-electron chi connectivity index (χ3n) is 3.07. The van der Waals surface area contributed by atoms with Crippen molar-refractivity contribution in [1.82, 2.24) is 10.3 Å². The summed E-state index contributed by atoms with van der Waals surface area (Å²) in [6.07, 6.45) is -3.29. The van der Waals surface area contributed by atoms with E-state index in [1.165, 1.54) is 0 Å². The Morgan fingerprint density at radius 3 is 2.53 bits per heavy atom. The minimum Gasteiger partial charge on any atom is -0.397 e. The molecule has 0 spiro atoms. The Bertz CT molecular complexity index is 441. The van der Waals surface area contributed by atoms with E-state index in [4.69, 9.17) is 5.73 Å². The van der Waals surface area contributed by atoms with Crippen LogP contribution in [0.25, 0.3) is 0 Å². The molecule has 0 saturated carbocycles. The van der Waals surface area contributed by atoms with Crippen molar-refractivity contribution >= 4 is 5.69 Å². The average Bonchev–Trinajstić information content (AvgIpc) is 2.46. The zero-order valence-electron chi connectivity index (χ0n) is 9.49. The lowest BCUT2D eigenvalue weighted by Crippen LogP contribution is -2.17. The molecule has 1 aliphatic heterocycles. The lowest BCUT2D eigenvalue weighted by atomic mass is 10.00. The first-order valence-corrected chi connectivity index (χ1v) is 5.47. The third kappa shape index (κ3) is 2.22. The van der Waals surface area contributed by atoms with Gasteiger partial charge in [0.25, 0.3) is 0 Å². The van der Waals surface area contributed by atoms with E-state index in [9.17, 15) is 13.2 Å². The number of nitrogens with two attached hydrogens (primary N) is 1. The van der Waals surface area contributed by atoms with Crippen LogP contribution in [0.2, 0.25) is 0 Å². The molecule has 0 unspecified atom stereocenters. The van der Waals surface area contributed by atoms with Crippen LogP contribution in [0.5, 0.6) is 0 Å². The summed E-state index contributed by atoms with van der Waals surface area (Å²) in [4.78, 5) is 3.71. The lowest BCUT2D eigenvalue weighted by Gasteiger charge is -2.16. The van der Waals surface area contributed by atoms with Gasteiger partial charge in [0.05, 0.1) is 5.69 Å². The number of nitrogens with zero attached hydrogens (tertiary/aromatic N) is 1. The molecule has 0 aromatic carbocycles. The Morgan fingerprint density at radius 2 is 1.88 bits per heavy atom. The second-order valence-corrected chi connectivity index (χ2v) is 4.17. The number of nitrogen functional groups attached to an aromatic ring is 1. The number of pyridine rings is 1. The standard InChI is InChI=1S/C11H14F3N3/c1-6-7-2-4-16-5-3-8(7)17-10(9(6)15)11(12,13)14/h16H,2-5,15H2,1H3. The minimum atomic E-state index is -4.48. The molecule has 1 aromatic rings. The first kappa shape index (κ1) is 12.2. The van der Waals surface area contributed by atoms with Crippen LogP contribution in [-0.2, 0) is 19.0 Å².